The lowest BCUT2D eigenvalue weighted by atomic mass is 10.1. The van der Waals surface area contributed by atoms with Crippen LogP contribution in [0.4, 0.5) is 10.1 Å². The Hall–Kier alpha value is -2.24. The molecule has 0 bridgehead atoms. The molecule has 0 fully saturated rings. The molecule has 0 saturated carbocycles. The molecule has 0 amide bonds. The Morgan fingerprint density at radius 1 is 1.40 bits per heavy atom. The molecule has 2 rings (SSSR count). The van der Waals surface area contributed by atoms with Crippen molar-refractivity contribution in [2.45, 2.75) is 0 Å². The molecule has 0 atom stereocenters. The van der Waals surface area contributed by atoms with Crippen molar-refractivity contribution in [2.24, 2.45) is 0 Å². The average molecular weight is 208 g/mol. The van der Waals surface area contributed by atoms with Crippen LogP contribution in [0.5, 0.6) is 0 Å². The van der Waals surface area contributed by atoms with Gasteiger partial charge in [-0.1, -0.05) is 17.3 Å². The fourth-order valence-corrected chi connectivity index (χ4v) is 1.23. The van der Waals surface area contributed by atoms with E-state index in [2.05, 4.69) is 9.68 Å². The predicted molar refractivity (Wildman–Crippen MR) is 48.6 cm³/mol. The van der Waals surface area contributed by atoms with E-state index in [4.69, 9.17) is 0 Å². The molecule has 0 spiro atoms. The lowest BCUT2D eigenvalue weighted by Crippen LogP contribution is -1.91. The van der Waals surface area contributed by atoms with Gasteiger partial charge in [0.1, 0.15) is 5.69 Å². The van der Waals surface area contributed by atoms with Crippen molar-refractivity contribution in [3.05, 3.63) is 46.5 Å². The van der Waals surface area contributed by atoms with Gasteiger partial charge in [0.25, 0.3) is 5.69 Å². The minimum absolute atomic E-state index is 0.111. The van der Waals surface area contributed by atoms with Gasteiger partial charge in [-0.25, -0.2) is 0 Å². The van der Waals surface area contributed by atoms with Crippen molar-refractivity contribution >= 4 is 5.69 Å². The molecule has 6 heteroatoms. The van der Waals surface area contributed by atoms with Crippen LogP contribution >= 0.6 is 0 Å². The maximum absolute atomic E-state index is 12.5. The zero-order valence-electron chi connectivity index (χ0n) is 7.38. The molecule has 15 heavy (non-hydrogen) atoms. The van der Waals surface area contributed by atoms with Gasteiger partial charge >= 0.3 is 6.01 Å². The minimum atomic E-state index is -0.872. The van der Waals surface area contributed by atoms with Crippen molar-refractivity contribution in [3.8, 4) is 11.3 Å². The average Bonchev–Trinajstić information content (AvgIpc) is 2.65. The molecule has 0 aliphatic carbocycles. The SMILES string of the molecule is O=[N+]([O-])c1ccccc1-c1cc(F)on1. The molecule has 0 aliphatic rings. The fourth-order valence-electron chi connectivity index (χ4n) is 1.23. The van der Waals surface area contributed by atoms with E-state index in [0.29, 0.717) is 0 Å². The minimum Gasteiger partial charge on any atom is -0.325 e. The van der Waals surface area contributed by atoms with Crippen LogP contribution in [0.1, 0.15) is 0 Å². The summed E-state index contributed by atoms with van der Waals surface area (Å²) < 4.78 is 16.8. The molecule has 1 aromatic heterocycles. The van der Waals surface area contributed by atoms with Crippen LogP contribution in [0.2, 0.25) is 0 Å². The third kappa shape index (κ3) is 1.69. The quantitative estimate of drug-likeness (QED) is 0.561. The molecule has 0 unspecified atom stereocenters. The maximum Gasteiger partial charge on any atom is 0.306 e. The van der Waals surface area contributed by atoms with E-state index in [1.54, 1.807) is 6.07 Å². The highest BCUT2D eigenvalue weighted by Gasteiger charge is 2.17. The van der Waals surface area contributed by atoms with Crippen LogP contribution in [0, 0.1) is 16.1 Å². The van der Waals surface area contributed by atoms with Gasteiger partial charge in [0.05, 0.1) is 10.5 Å². The highest BCUT2D eigenvalue weighted by atomic mass is 19.1. The first-order valence-electron chi connectivity index (χ1n) is 4.04. The number of benzene rings is 1. The second-order valence-corrected chi connectivity index (χ2v) is 2.79. The van der Waals surface area contributed by atoms with E-state index in [1.807, 2.05) is 0 Å². The molecule has 0 N–H and O–H groups in total. The lowest BCUT2D eigenvalue weighted by Gasteiger charge is -1.96. The molecule has 1 heterocycles. The van der Waals surface area contributed by atoms with Crippen LogP contribution in [-0.2, 0) is 0 Å². The normalized spacial score (nSPS) is 10.2. The highest BCUT2D eigenvalue weighted by Crippen LogP contribution is 2.28. The Balaban J connectivity index is 2.57. The van der Waals surface area contributed by atoms with Crippen molar-refractivity contribution in [3.63, 3.8) is 0 Å². The van der Waals surface area contributed by atoms with Gasteiger partial charge in [0.15, 0.2) is 0 Å². The van der Waals surface area contributed by atoms with Crippen LogP contribution in [0.15, 0.2) is 34.9 Å². The zero-order chi connectivity index (χ0) is 10.8. The number of hydrogen-bond acceptors (Lipinski definition) is 4. The van der Waals surface area contributed by atoms with E-state index >= 15 is 0 Å². The number of nitrogens with zero attached hydrogens (tertiary/aromatic N) is 2. The van der Waals surface area contributed by atoms with Crippen molar-refractivity contribution in [2.75, 3.05) is 0 Å². The molecule has 1 aromatic carbocycles. The van der Waals surface area contributed by atoms with Gasteiger partial charge in [-0.15, -0.1) is 0 Å². The third-order valence-electron chi connectivity index (χ3n) is 1.86. The summed E-state index contributed by atoms with van der Waals surface area (Å²) >= 11 is 0. The van der Waals surface area contributed by atoms with E-state index in [-0.39, 0.29) is 16.9 Å². The summed E-state index contributed by atoms with van der Waals surface area (Å²) in [5.74, 6) is 0. The predicted octanol–water partition coefficient (Wildman–Crippen LogP) is 2.39. The second kappa shape index (κ2) is 3.49. The Morgan fingerprint density at radius 2 is 2.13 bits per heavy atom. The number of aromatic nitrogens is 1. The second-order valence-electron chi connectivity index (χ2n) is 2.79. The molecule has 0 aliphatic heterocycles. The van der Waals surface area contributed by atoms with Crippen molar-refractivity contribution < 1.29 is 13.8 Å². The van der Waals surface area contributed by atoms with Gasteiger partial charge in [0, 0.05) is 12.1 Å². The summed E-state index contributed by atoms with van der Waals surface area (Å²) in [5, 5.41) is 14.0. The molecule has 2 aromatic rings. The van der Waals surface area contributed by atoms with Gasteiger partial charge in [-0.2, -0.15) is 4.39 Å². The first-order valence-corrected chi connectivity index (χ1v) is 4.04. The van der Waals surface area contributed by atoms with Crippen LogP contribution in [-0.4, -0.2) is 10.1 Å². The van der Waals surface area contributed by atoms with Gasteiger partial charge in [-0.05, 0) is 6.07 Å². The van der Waals surface area contributed by atoms with Crippen molar-refractivity contribution in [1.29, 1.82) is 0 Å². The van der Waals surface area contributed by atoms with Crippen LogP contribution in [0.3, 0.4) is 0 Å². The summed E-state index contributed by atoms with van der Waals surface area (Å²) in [6.07, 6.45) is 0. The summed E-state index contributed by atoms with van der Waals surface area (Å²) in [6, 6.07) is 6.07. The van der Waals surface area contributed by atoms with E-state index in [0.717, 1.165) is 6.07 Å². The Labute approximate surface area is 83.3 Å². The zero-order valence-corrected chi connectivity index (χ0v) is 7.38. The first-order chi connectivity index (χ1) is 7.18. The summed E-state index contributed by atoms with van der Waals surface area (Å²) in [5.41, 5.74) is 0.209. The Kier molecular flexibility index (Phi) is 2.17. The third-order valence-corrected chi connectivity index (χ3v) is 1.86. The maximum atomic E-state index is 12.5. The van der Waals surface area contributed by atoms with E-state index in [9.17, 15) is 14.5 Å². The summed E-state index contributed by atoms with van der Waals surface area (Å²) in [6.45, 7) is 0. The highest BCUT2D eigenvalue weighted by molar-refractivity contribution is 5.69. The van der Waals surface area contributed by atoms with Crippen molar-refractivity contribution in [1.82, 2.24) is 5.16 Å². The standard InChI is InChI=1S/C9H5FN2O3/c10-9-5-7(11-15-9)6-3-1-2-4-8(6)12(13)14/h1-5H. The Morgan fingerprint density at radius 3 is 2.73 bits per heavy atom. The first kappa shape index (κ1) is 9.32. The van der Waals surface area contributed by atoms with Crippen LogP contribution < -0.4 is 0 Å². The molecule has 0 radical (unpaired) electrons. The van der Waals surface area contributed by atoms with E-state index in [1.165, 1.54) is 18.2 Å². The molecular formula is C9H5FN2O3. The molecular weight excluding hydrogens is 203 g/mol. The van der Waals surface area contributed by atoms with E-state index < -0.39 is 10.9 Å². The number of nitro benzene ring substituents is 1. The monoisotopic (exact) mass is 208 g/mol. The topological polar surface area (TPSA) is 69.2 Å². The summed E-state index contributed by atoms with van der Waals surface area (Å²) in [7, 11) is 0. The largest absolute Gasteiger partial charge is 0.325 e. The lowest BCUT2D eigenvalue weighted by molar-refractivity contribution is -0.384. The van der Waals surface area contributed by atoms with Gasteiger partial charge < -0.3 is 4.52 Å². The molecule has 5 nitrogen and oxygen atoms in total. The molecule has 0 saturated heterocycles. The Bertz CT molecular complexity index is 510. The smallest absolute Gasteiger partial charge is 0.306 e. The number of para-hydroxylation sites is 1. The van der Waals surface area contributed by atoms with Gasteiger partial charge in [-0.3, -0.25) is 10.1 Å². The number of rotatable bonds is 2. The molecule has 76 valence electrons. The number of hydrogen-bond donors (Lipinski definition) is 0. The van der Waals surface area contributed by atoms with Gasteiger partial charge in [0.2, 0.25) is 0 Å². The number of halogens is 1. The fraction of sp³-hybridized carbons (Fsp3) is 0. The number of nitro groups is 1. The van der Waals surface area contributed by atoms with Crippen LogP contribution in [0.25, 0.3) is 11.3 Å². The summed E-state index contributed by atoms with van der Waals surface area (Å²) in [4.78, 5) is 10.1.